The van der Waals surface area contributed by atoms with Gasteiger partial charge in [0.1, 0.15) is 0 Å². The minimum atomic E-state index is -3.76. The summed E-state index contributed by atoms with van der Waals surface area (Å²) in [5, 5.41) is 10.8. The highest BCUT2D eigenvalue weighted by molar-refractivity contribution is 7.92. The fourth-order valence-corrected chi connectivity index (χ4v) is 3.55. The monoisotopic (exact) mass is 398 g/mol. The molecule has 0 bridgehead atoms. The minimum absolute atomic E-state index is 0.0771. The molecule has 0 spiro atoms. The van der Waals surface area contributed by atoms with Crippen LogP contribution in [0.1, 0.15) is 15.9 Å². The highest BCUT2D eigenvalue weighted by Gasteiger charge is 2.16. The number of hydrogen-bond donors (Lipinski definition) is 2. The van der Waals surface area contributed by atoms with Crippen LogP contribution in [-0.2, 0) is 14.8 Å². The van der Waals surface area contributed by atoms with Crippen LogP contribution in [0.3, 0.4) is 0 Å². The van der Waals surface area contributed by atoms with Gasteiger partial charge < -0.3 is 10.1 Å². The molecule has 2 aromatic carbocycles. The molecule has 0 amide bonds. The average molecular weight is 398 g/mol. The Bertz CT molecular complexity index is 1100. The molecule has 0 atom stereocenters. The molecule has 0 radical (unpaired) electrons. The first-order chi connectivity index (χ1) is 13.4. The molecule has 0 aliphatic carbocycles. The van der Waals surface area contributed by atoms with E-state index >= 15 is 0 Å². The number of hydrogen-bond acceptors (Lipinski definition) is 7. The summed E-state index contributed by atoms with van der Waals surface area (Å²) in [5.74, 6) is -0.0678. The third-order valence-corrected chi connectivity index (χ3v) is 5.15. The van der Waals surface area contributed by atoms with Gasteiger partial charge in [-0.05, 0) is 48.9 Å². The molecular formula is C19H18N4O4S. The second-order valence-corrected chi connectivity index (χ2v) is 7.57. The van der Waals surface area contributed by atoms with Gasteiger partial charge in [0.2, 0.25) is 0 Å². The molecule has 0 fully saturated rings. The Balaban J connectivity index is 1.77. The number of methoxy groups -OCH3 is 1. The second-order valence-electron chi connectivity index (χ2n) is 5.89. The number of carbonyl (C=O) groups is 1. The number of esters is 1. The molecule has 0 unspecified atom stereocenters. The summed E-state index contributed by atoms with van der Waals surface area (Å²) in [6, 6.07) is 16.4. The zero-order valence-corrected chi connectivity index (χ0v) is 16.0. The van der Waals surface area contributed by atoms with Crippen LogP contribution in [0.2, 0.25) is 0 Å². The van der Waals surface area contributed by atoms with E-state index in [1.54, 1.807) is 42.5 Å². The van der Waals surface area contributed by atoms with Crippen molar-refractivity contribution >= 4 is 33.3 Å². The lowest BCUT2D eigenvalue weighted by Gasteiger charge is -2.10. The van der Waals surface area contributed by atoms with Gasteiger partial charge in [0.05, 0.1) is 23.3 Å². The Labute approximate surface area is 162 Å². The smallest absolute Gasteiger partial charge is 0.339 e. The topological polar surface area (TPSA) is 110 Å². The average Bonchev–Trinajstić information content (AvgIpc) is 2.69. The molecule has 3 rings (SSSR count). The van der Waals surface area contributed by atoms with Gasteiger partial charge in [-0.1, -0.05) is 24.3 Å². The van der Waals surface area contributed by atoms with Crippen molar-refractivity contribution in [2.75, 3.05) is 17.1 Å². The van der Waals surface area contributed by atoms with Gasteiger partial charge in [0.15, 0.2) is 11.6 Å². The molecule has 28 heavy (non-hydrogen) atoms. The first-order valence-electron chi connectivity index (χ1n) is 8.26. The van der Waals surface area contributed by atoms with E-state index in [-0.39, 0.29) is 10.7 Å². The minimum Gasteiger partial charge on any atom is -0.465 e. The van der Waals surface area contributed by atoms with Crippen LogP contribution in [0.15, 0.2) is 65.6 Å². The second kappa shape index (κ2) is 8.05. The first-order valence-corrected chi connectivity index (χ1v) is 9.75. The lowest BCUT2D eigenvalue weighted by atomic mass is 10.2. The van der Waals surface area contributed by atoms with E-state index in [1.807, 2.05) is 13.0 Å². The van der Waals surface area contributed by atoms with Gasteiger partial charge in [0.25, 0.3) is 10.0 Å². The molecule has 1 aromatic heterocycles. The van der Waals surface area contributed by atoms with Crippen molar-refractivity contribution in [3.63, 3.8) is 0 Å². The SMILES string of the molecule is COC(=O)c1ccccc1Nc1ccc(NS(=O)(=O)c2cccc(C)c2)nn1. The standard InChI is InChI=1S/C19H18N4O4S/c1-13-6-5-7-14(12-13)28(25,26)23-18-11-10-17(21-22-18)20-16-9-4-3-8-15(16)19(24)27-2/h3-12H,1-2H3,(H,20,21)(H,22,23). The van der Waals surface area contributed by atoms with Gasteiger partial charge in [-0.25, -0.2) is 13.2 Å². The van der Waals surface area contributed by atoms with Crippen LogP contribution in [0.4, 0.5) is 17.3 Å². The van der Waals surface area contributed by atoms with Crippen molar-refractivity contribution in [2.45, 2.75) is 11.8 Å². The van der Waals surface area contributed by atoms with E-state index in [1.165, 1.54) is 19.2 Å². The molecule has 9 heteroatoms. The molecule has 0 aliphatic heterocycles. The highest BCUT2D eigenvalue weighted by Crippen LogP contribution is 2.21. The molecule has 0 saturated carbocycles. The van der Waals surface area contributed by atoms with Gasteiger partial charge in [-0.2, -0.15) is 0 Å². The molecular weight excluding hydrogens is 380 g/mol. The Morgan fingerprint density at radius 3 is 2.36 bits per heavy atom. The number of ether oxygens (including phenoxy) is 1. The van der Waals surface area contributed by atoms with Crippen LogP contribution in [0.5, 0.6) is 0 Å². The van der Waals surface area contributed by atoms with Crippen molar-refractivity contribution < 1.29 is 17.9 Å². The number of aryl methyl sites for hydroxylation is 1. The van der Waals surface area contributed by atoms with Gasteiger partial charge in [0, 0.05) is 0 Å². The Kier molecular flexibility index (Phi) is 5.55. The molecule has 8 nitrogen and oxygen atoms in total. The third-order valence-electron chi connectivity index (χ3n) is 3.80. The van der Waals surface area contributed by atoms with Gasteiger partial charge in [-0.3, -0.25) is 4.72 Å². The number of para-hydroxylation sites is 1. The lowest BCUT2D eigenvalue weighted by Crippen LogP contribution is -2.14. The molecule has 0 saturated heterocycles. The Morgan fingerprint density at radius 1 is 0.964 bits per heavy atom. The normalized spacial score (nSPS) is 10.9. The molecule has 144 valence electrons. The number of anilines is 3. The fourth-order valence-electron chi connectivity index (χ4n) is 2.45. The third kappa shape index (κ3) is 4.44. The maximum Gasteiger partial charge on any atom is 0.339 e. The van der Waals surface area contributed by atoms with Crippen molar-refractivity contribution in [1.82, 2.24) is 10.2 Å². The van der Waals surface area contributed by atoms with E-state index in [2.05, 4.69) is 20.2 Å². The zero-order chi connectivity index (χ0) is 20.1. The number of benzene rings is 2. The summed E-state index contributed by atoms with van der Waals surface area (Å²) >= 11 is 0. The van der Waals surface area contributed by atoms with Crippen LogP contribution in [0.25, 0.3) is 0 Å². The summed E-state index contributed by atoms with van der Waals surface area (Å²) in [6.45, 7) is 1.81. The number of rotatable bonds is 6. The number of nitrogens with one attached hydrogen (secondary N) is 2. The van der Waals surface area contributed by atoms with Crippen LogP contribution in [0, 0.1) is 6.92 Å². The number of sulfonamides is 1. The summed E-state index contributed by atoms with van der Waals surface area (Å²) in [4.78, 5) is 12.0. The van der Waals surface area contributed by atoms with Crippen molar-refractivity contribution in [1.29, 1.82) is 0 Å². The fraction of sp³-hybridized carbons (Fsp3) is 0.105. The predicted octanol–water partition coefficient (Wildman–Crippen LogP) is 3.12. The van der Waals surface area contributed by atoms with Crippen LogP contribution >= 0.6 is 0 Å². The van der Waals surface area contributed by atoms with Crippen molar-refractivity contribution in [3.8, 4) is 0 Å². The van der Waals surface area contributed by atoms with E-state index < -0.39 is 16.0 Å². The van der Waals surface area contributed by atoms with Crippen LogP contribution < -0.4 is 10.0 Å². The molecule has 3 aromatic rings. The van der Waals surface area contributed by atoms with E-state index in [9.17, 15) is 13.2 Å². The van der Waals surface area contributed by atoms with E-state index in [0.29, 0.717) is 17.1 Å². The quantitative estimate of drug-likeness (QED) is 0.614. The molecule has 0 aliphatic rings. The van der Waals surface area contributed by atoms with E-state index in [4.69, 9.17) is 4.74 Å². The Hall–Kier alpha value is -3.46. The molecule has 2 N–H and O–H groups in total. The van der Waals surface area contributed by atoms with Crippen molar-refractivity contribution in [2.24, 2.45) is 0 Å². The van der Waals surface area contributed by atoms with Gasteiger partial charge >= 0.3 is 5.97 Å². The van der Waals surface area contributed by atoms with Crippen LogP contribution in [-0.4, -0.2) is 31.7 Å². The van der Waals surface area contributed by atoms with E-state index in [0.717, 1.165) is 5.56 Å². The number of aromatic nitrogens is 2. The maximum absolute atomic E-state index is 12.4. The summed E-state index contributed by atoms with van der Waals surface area (Å²) in [6.07, 6.45) is 0. The summed E-state index contributed by atoms with van der Waals surface area (Å²) in [5.41, 5.74) is 1.67. The maximum atomic E-state index is 12.4. The zero-order valence-electron chi connectivity index (χ0n) is 15.2. The number of nitrogens with zero attached hydrogens (tertiary/aromatic N) is 2. The predicted molar refractivity (Wildman–Crippen MR) is 105 cm³/mol. The lowest BCUT2D eigenvalue weighted by molar-refractivity contribution is 0.0602. The largest absolute Gasteiger partial charge is 0.465 e. The highest BCUT2D eigenvalue weighted by atomic mass is 32.2. The van der Waals surface area contributed by atoms with Gasteiger partial charge in [-0.15, -0.1) is 10.2 Å². The summed E-state index contributed by atoms with van der Waals surface area (Å²) in [7, 11) is -2.46. The number of carbonyl (C=O) groups excluding carboxylic acids is 1. The molecule has 1 heterocycles. The summed E-state index contributed by atoms with van der Waals surface area (Å²) < 4.78 is 32.0. The Morgan fingerprint density at radius 2 is 1.68 bits per heavy atom. The van der Waals surface area contributed by atoms with Crippen molar-refractivity contribution in [3.05, 3.63) is 71.8 Å². The first kappa shape index (κ1) is 19.3.